The monoisotopic (exact) mass is 353 g/mol. The molecule has 3 rings (SSSR count). The number of allylic oxidation sites excluding steroid dienone is 2. The van der Waals surface area contributed by atoms with Gasteiger partial charge in [-0.3, -0.25) is 14.9 Å². The van der Waals surface area contributed by atoms with E-state index in [0.717, 1.165) is 35.1 Å². The van der Waals surface area contributed by atoms with E-state index in [-0.39, 0.29) is 11.5 Å². The molecule has 4 nitrogen and oxygen atoms in total. The number of hydrogen-bond donors (Lipinski definition) is 0. The standard InChI is InChI=1S/C20H16ClNO3/c21-18-8-4-14(5-9-18)12-16-2-1-3-17(20(16)23)13-15-6-10-19(11-7-15)22(24)25/h4-13H,1-3H2/b16-12-,17-13-. The number of hydrogen-bond acceptors (Lipinski definition) is 3. The fraction of sp³-hybridized carbons (Fsp3) is 0.150. The maximum Gasteiger partial charge on any atom is 0.269 e. The van der Waals surface area contributed by atoms with Crippen molar-refractivity contribution in [1.29, 1.82) is 0 Å². The van der Waals surface area contributed by atoms with Crippen LogP contribution < -0.4 is 0 Å². The van der Waals surface area contributed by atoms with Gasteiger partial charge in [-0.25, -0.2) is 0 Å². The van der Waals surface area contributed by atoms with Crippen LogP contribution in [0.5, 0.6) is 0 Å². The van der Waals surface area contributed by atoms with Crippen LogP contribution in [0.25, 0.3) is 12.2 Å². The first-order valence-corrected chi connectivity index (χ1v) is 8.36. The minimum atomic E-state index is -0.435. The van der Waals surface area contributed by atoms with Crippen molar-refractivity contribution in [3.05, 3.63) is 85.9 Å². The third-order valence-electron chi connectivity index (χ3n) is 4.13. The van der Waals surface area contributed by atoms with Crippen molar-refractivity contribution in [2.75, 3.05) is 0 Å². The predicted molar refractivity (Wildman–Crippen MR) is 99.4 cm³/mol. The van der Waals surface area contributed by atoms with E-state index in [1.54, 1.807) is 24.3 Å². The number of nitro benzene ring substituents is 1. The number of non-ortho nitro benzene ring substituents is 1. The molecule has 0 radical (unpaired) electrons. The number of ketones is 1. The Morgan fingerprint density at radius 1 is 0.880 bits per heavy atom. The Morgan fingerprint density at radius 3 is 1.84 bits per heavy atom. The van der Waals surface area contributed by atoms with Gasteiger partial charge in [-0.05, 0) is 66.8 Å². The summed E-state index contributed by atoms with van der Waals surface area (Å²) in [5.74, 6) is 0.0413. The number of benzene rings is 2. The van der Waals surface area contributed by atoms with E-state index in [2.05, 4.69) is 0 Å². The smallest absolute Gasteiger partial charge is 0.269 e. The molecule has 0 spiro atoms. The second-order valence-corrected chi connectivity index (χ2v) is 6.36. The lowest BCUT2D eigenvalue weighted by Gasteiger charge is -2.16. The van der Waals surface area contributed by atoms with Crippen LogP contribution in [0.15, 0.2) is 59.7 Å². The molecule has 0 N–H and O–H groups in total. The highest BCUT2D eigenvalue weighted by molar-refractivity contribution is 6.30. The second kappa shape index (κ2) is 7.45. The number of halogens is 1. The fourth-order valence-electron chi connectivity index (χ4n) is 2.83. The van der Waals surface area contributed by atoms with Crippen LogP contribution in [0.3, 0.4) is 0 Å². The third kappa shape index (κ3) is 4.22. The lowest BCUT2D eigenvalue weighted by atomic mass is 9.87. The predicted octanol–water partition coefficient (Wildman–Crippen LogP) is 5.47. The SMILES string of the molecule is O=C1/C(=C\c2ccc(Cl)cc2)CCC/C1=C/c1ccc([N+](=O)[O-])cc1. The zero-order valence-electron chi connectivity index (χ0n) is 13.4. The summed E-state index contributed by atoms with van der Waals surface area (Å²) in [7, 11) is 0. The Kier molecular flexibility index (Phi) is 5.10. The highest BCUT2D eigenvalue weighted by Gasteiger charge is 2.20. The van der Waals surface area contributed by atoms with Crippen LogP contribution in [-0.2, 0) is 4.79 Å². The second-order valence-electron chi connectivity index (χ2n) is 5.92. The molecule has 1 saturated carbocycles. The number of rotatable bonds is 3. The number of carbonyl (C=O) groups is 1. The Hall–Kier alpha value is -2.72. The highest BCUT2D eigenvalue weighted by atomic mass is 35.5. The van der Waals surface area contributed by atoms with Crippen LogP contribution in [0.4, 0.5) is 5.69 Å². The Morgan fingerprint density at radius 2 is 1.36 bits per heavy atom. The van der Waals surface area contributed by atoms with Gasteiger partial charge in [0.1, 0.15) is 0 Å². The average molecular weight is 354 g/mol. The minimum Gasteiger partial charge on any atom is -0.289 e. The van der Waals surface area contributed by atoms with E-state index < -0.39 is 4.92 Å². The summed E-state index contributed by atoms with van der Waals surface area (Å²) in [4.78, 5) is 23.0. The number of nitrogens with zero attached hydrogens (tertiary/aromatic N) is 1. The molecule has 0 atom stereocenters. The van der Waals surface area contributed by atoms with Crippen molar-refractivity contribution < 1.29 is 9.72 Å². The van der Waals surface area contributed by atoms with E-state index in [4.69, 9.17) is 11.6 Å². The van der Waals surface area contributed by atoms with Crippen molar-refractivity contribution in [1.82, 2.24) is 0 Å². The summed E-state index contributed by atoms with van der Waals surface area (Å²) in [5.41, 5.74) is 3.30. The van der Waals surface area contributed by atoms with Crippen LogP contribution in [-0.4, -0.2) is 10.7 Å². The van der Waals surface area contributed by atoms with Gasteiger partial charge in [0, 0.05) is 28.3 Å². The van der Waals surface area contributed by atoms with Gasteiger partial charge < -0.3 is 0 Å². The molecule has 1 aliphatic rings. The van der Waals surface area contributed by atoms with Gasteiger partial charge in [-0.2, -0.15) is 0 Å². The van der Waals surface area contributed by atoms with Gasteiger partial charge in [-0.1, -0.05) is 23.7 Å². The quantitative estimate of drug-likeness (QED) is 0.417. The van der Waals surface area contributed by atoms with Crippen LogP contribution in [0.1, 0.15) is 30.4 Å². The summed E-state index contributed by atoms with van der Waals surface area (Å²) >= 11 is 5.89. The van der Waals surface area contributed by atoms with Crippen molar-refractivity contribution in [2.24, 2.45) is 0 Å². The zero-order valence-corrected chi connectivity index (χ0v) is 14.2. The summed E-state index contributed by atoms with van der Waals surface area (Å²) in [6.45, 7) is 0. The summed E-state index contributed by atoms with van der Waals surface area (Å²) < 4.78 is 0. The van der Waals surface area contributed by atoms with Crippen LogP contribution in [0, 0.1) is 10.1 Å². The first-order chi connectivity index (χ1) is 12.0. The molecule has 2 aromatic rings. The van der Waals surface area contributed by atoms with Crippen LogP contribution in [0.2, 0.25) is 5.02 Å². The number of carbonyl (C=O) groups excluding carboxylic acids is 1. The Balaban J connectivity index is 1.84. The maximum absolute atomic E-state index is 12.7. The highest BCUT2D eigenvalue weighted by Crippen LogP contribution is 2.28. The topological polar surface area (TPSA) is 60.2 Å². The number of Topliss-reactive ketones (excluding diaryl/α,β-unsaturated/α-hetero) is 1. The van der Waals surface area contributed by atoms with Crippen molar-refractivity contribution in [3.8, 4) is 0 Å². The molecular formula is C20H16ClNO3. The lowest BCUT2D eigenvalue weighted by molar-refractivity contribution is -0.384. The summed E-state index contributed by atoms with van der Waals surface area (Å²) in [6, 6.07) is 13.6. The van der Waals surface area contributed by atoms with Crippen molar-refractivity contribution in [2.45, 2.75) is 19.3 Å². The molecule has 0 saturated heterocycles. The minimum absolute atomic E-state index is 0.0413. The van der Waals surface area contributed by atoms with Gasteiger partial charge in [0.25, 0.3) is 5.69 Å². The molecule has 1 fully saturated rings. The largest absolute Gasteiger partial charge is 0.289 e. The Labute approximate surface area is 150 Å². The van der Waals surface area contributed by atoms with E-state index in [1.165, 1.54) is 12.1 Å². The van der Waals surface area contributed by atoms with Gasteiger partial charge in [0.05, 0.1) is 4.92 Å². The number of nitro groups is 1. The average Bonchev–Trinajstić information content (AvgIpc) is 2.61. The van der Waals surface area contributed by atoms with E-state index >= 15 is 0 Å². The van der Waals surface area contributed by atoms with Gasteiger partial charge >= 0.3 is 0 Å². The Bertz CT molecular complexity index is 865. The summed E-state index contributed by atoms with van der Waals surface area (Å²) in [6.07, 6.45) is 6.10. The lowest BCUT2D eigenvalue weighted by Crippen LogP contribution is -2.12. The van der Waals surface area contributed by atoms with Gasteiger partial charge in [0.2, 0.25) is 0 Å². The van der Waals surface area contributed by atoms with Crippen molar-refractivity contribution >= 4 is 35.2 Å². The molecule has 126 valence electrons. The van der Waals surface area contributed by atoms with E-state index in [0.29, 0.717) is 11.4 Å². The molecule has 5 heteroatoms. The maximum atomic E-state index is 12.7. The van der Waals surface area contributed by atoms with Gasteiger partial charge in [0.15, 0.2) is 5.78 Å². The molecule has 2 aromatic carbocycles. The summed E-state index contributed by atoms with van der Waals surface area (Å²) in [5, 5.41) is 11.4. The molecule has 1 aliphatic carbocycles. The van der Waals surface area contributed by atoms with Gasteiger partial charge in [-0.15, -0.1) is 0 Å². The zero-order chi connectivity index (χ0) is 17.8. The first kappa shape index (κ1) is 17.1. The molecule has 0 heterocycles. The molecule has 0 amide bonds. The van der Waals surface area contributed by atoms with Crippen molar-refractivity contribution in [3.63, 3.8) is 0 Å². The molecule has 25 heavy (non-hydrogen) atoms. The molecule has 0 aliphatic heterocycles. The van der Waals surface area contributed by atoms with Crippen LogP contribution >= 0.6 is 11.6 Å². The first-order valence-electron chi connectivity index (χ1n) is 7.99. The van der Waals surface area contributed by atoms with E-state index in [1.807, 2.05) is 24.3 Å². The van der Waals surface area contributed by atoms with E-state index in [9.17, 15) is 14.9 Å². The molecule has 0 unspecified atom stereocenters. The molecule has 0 bridgehead atoms. The fourth-order valence-corrected chi connectivity index (χ4v) is 2.96. The molecule has 0 aromatic heterocycles. The third-order valence-corrected chi connectivity index (χ3v) is 4.38. The normalized spacial score (nSPS) is 17.9. The molecular weight excluding hydrogens is 338 g/mol.